The summed E-state index contributed by atoms with van der Waals surface area (Å²) in [5.41, 5.74) is 3.58. The van der Waals surface area contributed by atoms with Crippen molar-refractivity contribution in [1.82, 2.24) is 34.5 Å². The molecule has 250 valence electrons. The number of carbonyl (C=O) groups excluding carboxylic acids is 2. The normalized spacial score (nSPS) is 26.6. The van der Waals surface area contributed by atoms with Crippen molar-refractivity contribution >= 4 is 58.5 Å². The maximum atomic E-state index is 15.9. The summed E-state index contributed by atoms with van der Waals surface area (Å²) in [6.45, 7) is 9.88. The maximum Gasteiger partial charge on any atom is 0.373 e. The van der Waals surface area contributed by atoms with Gasteiger partial charge in [0.2, 0.25) is 6.54 Å². The molecule has 0 spiro atoms. The van der Waals surface area contributed by atoms with Crippen molar-refractivity contribution in [3.05, 3.63) is 53.0 Å². The Morgan fingerprint density at radius 2 is 2.00 bits per heavy atom. The van der Waals surface area contributed by atoms with E-state index in [-0.39, 0.29) is 43.8 Å². The average Bonchev–Trinajstić information content (AvgIpc) is 3.74. The second-order valence-corrected chi connectivity index (χ2v) is 14.5. The van der Waals surface area contributed by atoms with E-state index in [2.05, 4.69) is 37.0 Å². The monoisotopic (exact) mass is 706 g/mol. The molecule has 4 aromatic rings. The number of benzene rings is 1. The van der Waals surface area contributed by atoms with Crippen LogP contribution in [0.4, 0.5) is 4.39 Å². The summed E-state index contributed by atoms with van der Waals surface area (Å²) in [4.78, 5) is 32.4. The Kier molecular flexibility index (Phi) is 11.4. The van der Waals surface area contributed by atoms with Gasteiger partial charge >= 0.3 is 12.9 Å². The standard InChI is InChI=1S/C28H33ClFN8O4PS.CO2/c1-5-18-17(12-20(18)37-15-34-24-26(29)32-14-33-27(24)37)13-40-43(44,39-11-10-31-4)42-25-22(30)21(6-2)41-28(25)38-19-9-7-8-16(3)23(19)35-36-38;2-1-3/h7-9,14-15,17-18,20-22,25,28H,5-6,10-13H2,1-3H3;/t17-,18-,20-,21-,22-,25-,28-,43?;/m1./s1. The highest BCUT2D eigenvalue weighted by Crippen LogP contribution is 2.57. The van der Waals surface area contributed by atoms with Crippen LogP contribution in [-0.2, 0) is 39.7 Å². The van der Waals surface area contributed by atoms with Crippen molar-refractivity contribution < 1.29 is 32.3 Å². The smallest absolute Gasteiger partial charge is 0.347 e. The summed E-state index contributed by atoms with van der Waals surface area (Å²) in [6, 6.07) is 5.82. The van der Waals surface area contributed by atoms with Crippen LogP contribution < -0.4 is 0 Å². The molecule has 1 aliphatic heterocycles. The van der Waals surface area contributed by atoms with Crippen LogP contribution in [0.5, 0.6) is 0 Å². The van der Waals surface area contributed by atoms with Crippen molar-refractivity contribution in [3.8, 4) is 0 Å². The lowest BCUT2D eigenvalue weighted by atomic mass is 9.68. The third kappa shape index (κ3) is 7.13. The van der Waals surface area contributed by atoms with Crippen LogP contribution in [0.3, 0.4) is 0 Å². The number of nitrogens with zero attached hydrogens (tertiary/aromatic N) is 8. The molecular formula is C29H33ClFN8O6PS. The van der Waals surface area contributed by atoms with Gasteiger partial charge in [0.1, 0.15) is 30.1 Å². The van der Waals surface area contributed by atoms with E-state index >= 15 is 4.39 Å². The van der Waals surface area contributed by atoms with E-state index < -0.39 is 31.3 Å². The van der Waals surface area contributed by atoms with E-state index in [0.717, 1.165) is 18.4 Å². The van der Waals surface area contributed by atoms with Crippen LogP contribution >= 0.6 is 18.3 Å². The van der Waals surface area contributed by atoms with Gasteiger partial charge in [0.15, 0.2) is 23.2 Å². The molecule has 47 heavy (non-hydrogen) atoms. The lowest BCUT2D eigenvalue weighted by Gasteiger charge is -2.45. The van der Waals surface area contributed by atoms with Gasteiger partial charge < -0.3 is 23.2 Å². The summed E-state index contributed by atoms with van der Waals surface area (Å²) in [7, 11) is 0. The number of ether oxygens (including phenoxy) is 1. The number of halogens is 2. The Hall–Kier alpha value is -3.25. The van der Waals surface area contributed by atoms with Gasteiger partial charge in [0.25, 0.3) is 0 Å². The highest BCUT2D eigenvalue weighted by Gasteiger charge is 2.50. The molecular weight excluding hydrogens is 674 g/mol. The molecule has 4 heterocycles. The van der Waals surface area contributed by atoms with Crippen LogP contribution in [0.15, 0.2) is 30.9 Å². The largest absolute Gasteiger partial charge is 0.373 e. The number of imidazole rings is 1. The first kappa shape index (κ1) is 35.1. The van der Waals surface area contributed by atoms with Crippen molar-refractivity contribution in [2.45, 2.75) is 70.7 Å². The number of rotatable bonds is 12. The molecule has 1 saturated heterocycles. The molecule has 1 aliphatic carbocycles. The molecule has 3 aromatic heterocycles. The Balaban J connectivity index is 0.00000139. The number of aromatic nitrogens is 7. The van der Waals surface area contributed by atoms with Crippen molar-refractivity contribution in [2.24, 2.45) is 11.8 Å². The third-order valence-corrected chi connectivity index (χ3v) is 11.2. The molecule has 0 radical (unpaired) electrons. The Labute approximate surface area is 280 Å². The number of fused-ring (bicyclic) bond motifs is 2. The second-order valence-electron chi connectivity index (χ2n) is 11.1. The summed E-state index contributed by atoms with van der Waals surface area (Å²) in [5.74, 6) is 0.371. The van der Waals surface area contributed by atoms with Crippen molar-refractivity contribution in [1.29, 1.82) is 0 Å². The van der Waals surface area contributed by atoms with E-state index in [9.17, 15) is 0 Å². The van der Waals surface area contributed by atoms with Gasteiger partial charge in [-0.3, -0.25) is 4.52 Å². The molecule has 0 amide bonds. The minimum absolute atomic E-state index is 0.00458. The zero-order valence-electron chi connectivity index (χ0n) is 25.8. The number of alkyl halides is 1. The quantitative estimate of drug-likeness (QED) is 0.0799. The maximum absolute atomic E-state index is 15.9. The minimum Gasteiger partial charge on any atom is -0.347 e. The first-order chi connectivity index (χ1) is 22.7. The molecule has 0 bridgehead atoms. The minimum atomic E-state index is -3.53. The fraction of sp³-hybridized carbons (Fsp3) is 0.552. The van der Waals surface area contributed by atoms with Gasteiger partial charge in [0.05, 0.1) is 24.6 Å². The highest BCUT2D eigenvalue weighted by atomic mass is 35.5. The van der Waals surface area contributed by atoms with Crippen molar-refractivity contribution in [2.75, 3.05) is 19.8 Å². The fourth-order valence-corrected chi connectivity index (χ4v) is 8.49. The average molecular weight is 707 g/mol. The molecule has 14 nitrogen and oxygen atoms in total. The summed E-state index contributed by atoms with van der Waals surface area (Å²) in [5, 5.41) is 8.92. The predicted octanol–water partition coefficient (Wildman–Crippen LogP) is 5.44. The van der Waals surface area contributed by atoms with Gasteiger partial charge in [-0.05, 0) is 55.0 Å². The van der Waals surface area contributed by atoms with Gasteiger partial charge in [-0.2, -0.15) is 9.59 Å². The lowest BCUT2D eigenvalue weighted by molar-refractivity contribution is -0.191. The lowest BCUT2D eigenvalue weighted by Crippen LogP contribution is -2.40. The first-order valence-electron chi connectivity index (χ1n) is 15.0. The fourth-order valence-electron chi connectivity index (χ4n) is 6.21. The first-order valence-corrected chi connectivity index (χ1v) is 18.0. The van der Waals surface area contributed by atoms with Gasteiger partial charge in [-0.15, -0.1) is 5.10 Å². The van der Waals surface area contributed by atoms with Crippen LogP contribution in [0.25, 0.3) is 27.0 Å². The second kappa shape index (κ2) is 15.3. The zero-order chi connectivity index (χ0) is 33.7. The molecule has 2 fully saturated rings. The summed E-state index contributed by atoms with van der Waals surface area (Å²) >= 11 is 12.1. The molecule has 1 saturated carbocycles. The van der Waals surface area contributed by atoms with E-state index in [1.807, 2.05) is 36.6 Å². The van der Waals surface area contributed by atoms with E-state index in [1.54, 1.807) is 11.0 Å². The molecule has 18 heteroatoms. The van der Waals surface area contributed by atoms with E-state index in [0.29, 0.717) is 33.8 Å². The Morgan fingerprint density at radius 1 is 1.21 bits per heavy atom. The number of aryl methyl sites for hydroxylation is 1. The molecule has 6 rings (SSSR count). The molecule has 0 N–H and O–H groups in total. The SMILES string of the molecule is O=C=O.[C-]#[N+]CCOP(=S)(OC[C@H]1C[C@@H](n2cnc3c(Cl)ncnc32)[C@@H]1CC)O[C@@H]1[C@H](F)[C@@H](CC)O[C@H]1n1nnc2c(C)cccc21. The van der Waals surface area contributed by atoms with Crippen LogP contribution in [0, 0.1) is 25.3 Å². The van der Waals surface area contributed by atoms with Gasteiger partial charge in [0, 0.05) is 6.04 Å². The summed E-state index contributed by atoms with van der Waals surface area (Å²) in [6.07, 6.45) is 1.18. The van der Waals surface area contributed by atoms with Gasteiger partial charge in [-0.25, -0.2) is 30.6 Å². The predicted molar refractivity (Wildman–Crippen MR) is 170 cm³/mol. The molecule has 1 unspecified atom stereocenters. The van der Waals surface area contributed by atoms with E-state index in [4.69, 9.17) is 57.9 Å². The van der Waals surface area contributed by atoms with Crippen molar-refractivity contribution in [3.63, 3.8) is 0 Å². The topological polar surface area (TPSA) is 150 Å². The Morgan fingerprint density at radius 3 is 2.72 bits per heavy atom. The third-order valence-electron chi connectivity index (χ3n) is 8.55. The zero-order valence-corrected chi connectivity index (χ0v) is 28.3. The van der Waals surface area contributed by atoms with Crippen LogP contribution in [0.2, 0.25) is 5.15 Å². The molecule has 1 aromatic carbocycles. The van der Waals surface area contributed by atoms with E-state index in [1.165, 1.54) is 6.33 Å². The molecule has 2 aliphatic rings. The number of hydrogen-bond donors (Lipinski definition) is 0. The van der Waals surface area contributed by atoms with Gasteiger partial charge in [-0.1, -0.05) is 49.2 Å². The highest BCUT2D eigenvalue weighted by molar-refractivity contribution is 8.07. The Bertz CT molecular complexity index is 1830. The van der Waals surface area contributed by atoms with Crippen LogP contribution in [0.1, 0.15) is 50.9 Å². The summed E-state index contributed by atoms with van der Waals surface area (Å²) < 4.78 is 44.2. The molecule has 8 atom stereocenters. The van der Waals surface area contributed by atoms with Crippen LogP contribution in [-0.4, -0.2) is 78.8 Å². The number of hydrogen-bond acceptors (Lipinski definition) is 12.